The maximum absolute atomic E-state index is 12.5. The number of hydrogen-bond donors (Lipinski definition) is 1. The molecule has 1 unspecified atom stereocenters. The second-order valence-electron chi connectivity index (χ2n) is 6.06. The quantitative estimate of drug-likeness (QED) is 0.456. The van der Waals surface area contributed by atoms with E-state index in [4.69, 9.17) is 14.4 Å². The van der Waals surface area contributed by atoms with Crippen LogP contribution in [0.1, 0.15) is 29.7 Å². The highest BCUT2D eigenvalue weighted by molar-refractivity contribution is 6.46. The monoisotopic (exact) mass is 435 g/mol. The van der Waals surface area contributed by atoms with Gasteiger partial charge in [-0.1, -0.05) is 40.6 Å². The molecule has 0 aromatic heterocycles. The van der Waals surface area contributed by atoms with E-state index in [-0.39, 0.29) is 17.2 Å². The summed E-state index contributed by atoms with van der Waals surface area (Å²) in [6.07, 6.45) is 0.912. The van der Waals surface area contributed by atoms with Crippen LogP contribution in [-0.2, 0) is 14.5 Å². The highest BCUT2D eigenvalue weighted by atomic mass is 19.3. The summed E-state index contributed by atoms with van der Waals surface area (Å²) in [5, 5.41) is 10.3. The van der Waals surface area contributed by atoms with Crippen LogP contribution in [0.2, 0.25) is 0 Å². The lowest BCUT2D eigenvalue weighted by molar-refractivity contribution is -0.114. The molecular formula is C21H23F2N3O5. The number of nitrogens with one attached hydrogen (secondary N) is 1. The molecule has 1 amide bonds. The second-order valence-corrected chi connectivity index (χ2v) is 6.06. The van der Waals surface area contributed by atoms with Crippen LogP contribution in [-0.4, -0.2) is 45.7 Å². The van der Waals surface area contributed by atoms with Gasteiger partial charge in [0.1, 0.15) is 13.2 Å². The zero-order valence-corrected chi connectivity index (χ0v) is 17.5. The van der Waals surface area contributed by atoms with Gasteiger partial charge in [0.25, 0.3) is 5.91 Å². The fourth-order valence-electron chi connectivity index (χ4n) is 2.62. The number of methoxy groups -OCH3 is 1. The van der Waals surface area contributed by atoms with E-state index in [1.54, 1.807) is 37.3 Å². The molecule has 2 rings (SSSR count). The van der Waals surface area contributed by atoms with Crippen molar-refractivity contribution in [1.29, 1.82) is 0 Å². The van der Waals surface area contributed by atoms with Crippen molar-refractivity contribution >= 4 is 17.8 Å². The molecule has 1 N–H and O–H groups in total. The molecule has 10 heteroatoms. The van der Waals surface area contributed by atoms with E-state index in [0.717, 1.165) is 0 Å². The molecule has 166 valence electrons. The molecule has 0 aliphatic rings. The maximum Gasteiger partial charge on any atom is 0.387 e. The number of hydrogen-bond acceptors (Lipinski definition) is 7. The Morgan fingerprint density at radius 3 is 2.52 bits per heavy atom. The minimum absolute atomic E-state index is 0.0787. The lowest BCUT2D eigenvalue weighted by Crippen LogP contribution is -2.29. The predicted molar refractivity (Wildman–Crippen MR) is 111 cm³/mol. The van der Waals surface area contributed by atoms with Gasteiger partial charge in [0.15, 0.2) is 17.2 Å². The molecule has 2 aromatic carbocycles. The van der Waals surface area contributed by atoms with Crippen LogP contribution in [0.25, 0.3) is 0 Å². The van der Waals surface area contributed by atoms with Gasteiger partial charge in [0.05, 0.1) is 13.3 Å². The molecule has 0 saturated carbocycles. The van der Waals surface area contributed by atoms with Crippen LogP contribution in [0.4, 0.5) is 8.78 Å². The smallest absolute Gasteiger partial charge is 0.387 e. The number of benzene rings is 2. The van der Waals surface area contributed by atoms with Crippen LogP contribution in [0.15, 0.2) is 52.8 Å². The number of ether oxygens (including phenoxy) is 2. The molecule has 0 bridgehead atoms. The van der Waals surface area contributed by atoms with E-state index in [9.17, 15) is 13.6 Å². The van der Waals surface area contributed by atoms with Gasteiger partial charge in [-0.15, -0.1) is 0 Å². The fraction of sp³-hybridized carbons (Fsp3) is 0.286. The molecule has 0 aliphatic carbocycles. The number of carbonyl (C=O) groups is 1. The first kappa shape index (κ1) is 23.6. The first-order valence-electron chi connectivity index (χ1n) is 9.15. The molecule has 0 saturated heterocycles. The predicted octanol–water partition coefficient (Wildman–Crippen LogP) is 3.50. The van der Waals surface area contributed by atoms with E-state index in [1.165, 1.54) is 39.6 Å². The van der Waals surface area contributed by atoms with Crippen molar-refractivity contribution in [3.8, 4) is 11.5 Å². The molecule has 31 heavy (non-hydrogen) atoms. The lowest BCUT2D eigenvalue weighted by Gasteiger charge is -2.14. The SMILES string of the molecule is CNC(=O)/C(=N/OC)c1ccccc1/C=N/OC(C)c1ccc(OC(F)F)c(OC)c1. The summed E-state index contributed by atoms with van der Waals surface area (Å²) in [6, 6.07) is 11.4. The Hall–Kier alpha value is -3.69. The van der Waals surface area contributed by atoms with Gasteiger partial charge in [0.2, 0.25) is 0 Å². The Kier molecular flexibility index (Phi) is 8.74. The van der Waals surface area contributed by atoms with Crippen LogP contribution in [0.3, 0.4) is 0 Å². The van der Waals surface area contributed by atoms with Crippen molar-refractivity contribution < 1.29 is 32.7 Å². The van der Waals surface area contributed by atoms with E-state index in [0.29, 0.717) is 16.7 Å². The average Bonchev–Trinajstić information content (AvgIpc) is 2.77. The zero-order chi connectivity index (χ0) is 22.8. The number of halogens is 2. The van der Waals surface area contributed by atoms with Crippen LogP contribution in [0.5, 0.6) is 11.5 Å². The highest BCUT2D eigenvalue weighted by Crippen LogP contribution is 2.32. The molecular weight excluding hydrogens is 412 g/mol. The first-order chi connectivity index (χ1) is 14.9. The Labute approximate surface area is 178 Å². The molecule has 0 heterocycles. The van der Waals surface area contributed by atoms with Gasteiger partial charge < -0.3 is 24.5 Å². The summed E-state index contributed by atoms with van der Waals surface area (Å²) < 4.78 is 34.4. The van der Waals surface area contributed by atoms with Crippen molar-refractivity contribution in [1.82, 2.24) is 5.32 Å². The molecule has 2 aromatic rings. The average molecular weight is 435 g/mol. The van der Waals surface area contributed by atoms with Crippen molar-refractivity contribution in [2.75, 3.05) is 21.3 Å². The number of likely N-dealkylation sites (N-methyl/N-ethyl adjacent to an activating group) is 1. The Bertz CT molecular complexity index is 950. The summed E-state index contributed by atoms with van der Waals surface area (Å²) >= 11 is 0. The summed E-state index contributed by atoms with van der Waals surface area (Å²) in [7, 11) is 4.18. The van der Waals surface area contributed by atoms with Crippen molar-refractivity contribution in [3.05, 3.63) is 59.2 Å². The van der Waals surface area contributed by atoms with Crippen LogP contribution in [0, 0.1) is 0 Å². The maximum atomic E-state index is 12.5. The Balaban J connectivity index is 2.19. The standard InChI is InChI=1S/C21H23F2N3O5/c1-13(14-9-10-17(30-21(22)23)18(11-14)28-3)31-25-12-15-7-5-6-8-16(15)19(26-29-4)20(27)24-2/h5-13,21H,1-4H3,(H,24,27)/b25-12+,26-19+. The number of nitrogens with zero attached hydrogens (tertiary/aromatic N) is 2. The van der Waals surface area contributed by atoms with Gasteiger partial charge in [0, 0.05) is 18.2 Å². The molecule has 0 spiro atoms. The summed E-state index contributed by atoms with van der Waals surface area (Å²) in [6.45, 7) is -1.23. The number of oxime groups is 2. The van der Waals surface area contributed by atoms with Crippen LogP contribution >= 0.6 is 0 Å². The van der Waals surface area contributed by atoms with E-state index >= 15 is 0 Å². The van der Waals surface area contributed by atoms with Gasteiger partial charge in [-0.3, -0.25) is 4.79 Å². The zero-order valence-electron chi connectivity index (χ0n) is 17.5. The van der Waals surface area contributed by atoms with Gasteiger partial charge in [-0.25, -0.2) is 0 Å². The number of carbonyl (C=O) groups excluding carboxylic acids is 1. The second kappa shape index (κ2) is 11.5. The lowest BCUT2D eigenvalue weighted by atomic mass is 10.0. The molecule has 0 fully saturated rings. The first-order valence-corrected chi connectivity index (χ1v) is 9.15. The van der Waals surface area contributed by atoms with Crippen molar-refractivity contribution in [2.45, 2.75) is 19.6 Å². The number of amides is 1. The number of rotatable bonds is 10. The minimum Gasteiger partial charge on any atom is -0.493 e. The molecule has 0 radical (unpaired) electrons. The molecule has 0 aliphatic heterocycles. The number of alkyl halides is 2. The van der Waals surface area contributed by atoms with E-state index in [1.807, 2.05) is 0 Å². The Morgan fingerprint density at radius 2 is 1.87 bits per heavy atom. The topological polar surface area (TPSA) is 90.7 Å². The van der Waals surface area contributed by atoms with E-state index < -0.39 is 18.6 Å². The van der Waals surface area contributed by atoms with Gasteiger partial charge >= 0.3 is 6.61 Å². The van der Waals surface area contributed by atoms with Gasteiger partial charge in [-0.05, 0) is 24.6 Å². The van der Waals surface area contributed by atoms with E-state index in [2.05, 4.69) is 20.4 Å². The third kappa shape index (κ3) is 6.39. The largest absolute Gasteiger partial charge is 0.493 e. The third-order valence-corrected chi connectivity index (χ3v) is 4.12. The van der Waals surface area contributed by atoms with Crippen molar-refractivity contribution in [3.63, 3.8) is 0 Å². The highest BCUT2D eigenvalue weighted by Gasteiger charge is 2.17. The normalized spacial score (nSPS) is 12.5. The Morgan fingerprint density at radius 1 is 1.13 bits per heavy atom. The minimum atomic E-state index is -2.96. The van der Waals surface area contributed by atoms with Crippen molar-refractivity contribution in [2.24, 2.45) is 10.3 Å². The third-order valence-electron chi connectivity index (χ3n) is 4.12. The molecule has 8 nitrogen and oxygen atoms in total. The summed E-state index contributed by atoms with van der Waals surface area (Å²) in [4.78, 5) is 22.4. The van der Waals surface area contributed by atoms with Crippen LogP contribution < -0.4 is 14.8 Å². The fourth-order valence-corrected chi connectivity index (χ4v) is 2.62. The summed E-state index contributed by atoms with van der Waals surface area (Å²) in [5.74, 6) is -0.353. The summed E-state index contributed by atoms with van der Waals surface area (Å²) in [5.41, 5.74) is 1.79. The molecule has 1 atom stereocenters. The van der Waals surface area contributed by atoms with Gasteiger partial charge in [-0.2, -0.15) is 8.78 Å².